The van der Waals surface area contributed by atoms with Crippen LogP contribution in [0, 0.1) is 6.92 Å². The molecule has 1 aromatic carbocycles. The minimum absolute atomic E-state index is 0.115. The average Bonchev–Trinajstić information content (AvgIpc) is 3.45. The van der Waals surface area contributed by atoms with E-state index in [9.17, 15) is 4.79 Å². The van der Waals surface area contributed by atoms with Crippen LogP contribution in [0.5, 0.6) is 5.75 Å². The number of rotatable bonds is 8. The van der Waals surface area contributed by atoms with Crippen LogP contribution in [0.25, 0.3) is 0 Å². The number of nitrogens with one attached hydrogen (secondary N) is 2. The summed E-state index contributed by atoms with van der Waals surface area (Å²) in [5, 5.41) is 26.3. The molecule has 1 amide bonds. The molecule has 0 spiro atoms. The zero-order valence-electron chi connectivity index (χ0n) is 18.1. The Morgan fingerprint density at radius 3 is 2.53 bits per heavy atom. The number of aromatic nitrogens is 4. The average molecular weight is 471 g/mol. The number of hydrogen-bond donors (Lipinski definition) is 2. The second kappa shape index (κ2) is 10.2. The molecule has 3 aromatic rings. The Bertz CT molecular complexity index is 1100. The Morgan fingerprint density at radius 1 is 1.16 bits per heavy atom. The van der Waals surface area contributed by atoms with Crippen LogP contribution in [0.2, 0.25) is 0 Å². The normalized spacial score (nSPS) is 18.2. The lowest BCUT2D eigenvalue weighted by Gasteiger charge is -2.25. The van der Waals surface area contributed by atoms with Crippen LogP contribution in [0.1, 0.15) is 58.7 Å². The molecule has 0 aliphatic heterocycles. The summed E-state index contributed by atoms with van der Waals surface area (Å²) in [6.45, 7) is 5.64. The molecule has 2 atom stereocenters. The summed E-state index contributed by atoms with van der Waals surface area (Å²) in [5.74, 6) is 1.35. The van der Waals surface area contributed by atoms with Crippen molar-refractivity contribution in [2.75, 3.05) is 17.7 Å². The van der Waals surface area contributed by atoms with E-state index >= 15 is 0 Å². The van der Waals surface area contributed by atoms with E-state index in [0.29, 0.717) is 17.0 Å². The number of nitrogens with zero attached hydrogens (tertiary/aromatic N) is 4. The summed E-state index contributed by atoms with van der Waals surface area (Å²) < 4.78 is 5.34. The van der Waals surface area contributed by atoms with Gasteiger partial charge < -0.3 is 15.4 Å². The lowest BCUT2D eigenvalue weighted by molar-refractivity contribution is -0.115. The van der Waals surface area contributed by atoms with Gasteiger partial charge in [-0.15, -0.1) is 20.4 Å². The molecular weight excluding hydrogens is 444 g/mol. The lowest BCUT2D eigenvalue weighted by atomic mass is 9.82. The highest BCUT2D eigenvalue weighted by Crippen LogP contribution is 2.43. The Morgan fingerprint density at radius 2 is 1.84 bits per heavy atom. The van der Waals surface area contributed by atoms with Gasteiger partial charge in [-0.05, 0) is 49.6 Å². The third kappa shape index (κ3) is 5.31. The number of anilines is 2. The topological polar surface area (TPSA) is 102 Å². The van der Waals surface area contributed by atoms with Gasteiger partial charge in [0.25, 0.3) is 0 Å². The van der Waals surface area contributed by atoms with E-state index in [1.807, 2.05) is 25.1 Å². The van der Waals surface area contributed by atoms with Gasteiger partial charge in [0, 0.05) is 11.8 Å². The standard InChI is InChI=1S/C22H26N6O2S2/c1-4-23-21-27-25-19(31-21)15-6-5-7-16(12-15)20-26-28-22(32-20)24-18(29)11-14-9-8-13(2)17(10-14)30-3/h4,8-10,15-16H,1,5-7,11-12H2,2-3H3,(H,23,27)(H,24,28,29)/t15?,16-/m0/s1. The van der Waals surface area contributed by atoms with Crippen molar-refractivity contribution >= 4 is 38.8 Å². The van der Waals surface area contributed by atoms with Crippen molar-refractivity contribution in [3.8, 4) is 5.75 Å². The molecule has 2 N–H and O–H groups in total. The molecule has 0 radical (unpaired) electrons. The summed E-state index contributed by atoms with van der Waals surface area (Å²) in [5.41, 5.74) is 1.94. The maximum atomic E-state index is 12.5. The molecule has 1 unspecified atom stereocenters. The van der Waals surface area contributed by atoms with E-state index in [2.05, 4.69) is 37.6 Å². The molecule has 2 heterocycles. The fraction of sp³-hybridized carbons (Fsp3) is 0.409. The van der Waals surface area contributed by atoms with Crippen molar-refractivity contribution < 1.29 is 9.53 Å². The Labute approximate surface area is 195 Å². The first-order valence-electron chi connectivity index (χ1n) is 10.5. The molecule has 1 aliphatic carbocycles. The van der Waals surface area contributed by atoms with Crippen LogP contribution >= 0.6 is 22.7 Å². The highest BCUT2D eigenvalue weighted by molar-refractivity contribution is 7.15. The number of ether oxygens (including phenoxy) is 1. The Kier molecular flexibility index (Phi) is 7.11. The number of amides is 1. The molecule has 32 heavy (non-hydrogen) atoms. The fourth-order valence-electron chi connectivity index (χ4n) is 3.96. The number of hydrogen-bond acceptors (Lipinski definition) is 9. The number of benzene rings is 1. The SMILES string of the molecule is C=CNc1nnc(C2CCC[C@H](c3nnc(NC(=O)Cc4ccc(C)c(OC)c4)s3)C2)s1. The molecule has 8 nitrogen and oxygen atoms in total. The Balaban J connectivity index is 1.36. The lowest BCUT2D eigenvalue weighted by Crippen LogP contribution is -2.14. The molecule has 2 aromatic heterocycles. The van der Waals surface area contributed by atoms with E-state index in [-0.39, 0.29) is 12.3 Å². The second-order valence-corrected chi connectivity index (χ2v) is 9.85. The molecule has 0 bridgehead atoms. The zero-order chi connectivity index (χ0) is 22.5. The minimum atomic E-state index is -0.115. The van der Waals surface area contributed by atoms with Crippen molar-refractivity contribution in [3.63, 3.8) is 0 Å². The van der Waals surface area contributed by atoms with Gasteiger partial charge in [0.05, 0.1) is 13.5 Å². The summed E-state index contributed by atoms with van der Waals surface area (Å²) >= 11 is 3.04. The predicted molar refractivity (Wildman–Crippen MR) is 128 cm³/mol. The van der Waals surface area contributed by atoms with Crippen molar-refractivity contribution in [1.29, 1.82) is 0 Å². The smallest absolute Gasteiger partial charge is 0.230 e. The van der Waals surface area contributed by atoms with Gasteiger partial charge in [-0.2, -0.15) is 0 Å². The van der Waals surface area contributed by atoms with Crippen molar-refractivity contribution in [1.82, 2.24) is 20.4 Å². The van der Waals surface area contributed by atoms with Gasteiger partial charge in [-0.1, -0.05) is 47.8 Å². The van der Waals surface area contributed by atoms with Crippen LogP contribution in [-0.4, -0.2) is 33.4 Å². The van der Waals surface area contributed by atoms with Gasteiger partial charge in [0.15, 0.2) is 0 Å². The van der Waals surface area contributed by atoms with Gasteiger partial charge in [0.1, 0.15) is 15.8 Å². The van der Waals surface area contributed by atoms with Crippen molar-refractivity contribution in [2.24, 2.45) is 0 Å². The number of carbonyl (C=O) groups excluding carboxylic acids is 1. The first kappa shape index (κ1) is 22.3. The van der Waals surface area contributed by atoms with E-state index in [4.69, 9.17) is 4.74 Å². The molecule has 10 heteroatoms. The monoisotopic (exact) mass is 470 g/mol. The predicted octanol–water partition coefficient (Wildman–Crippen LogP) is 4.88. The van der Waals surface area contributed by atoms with Crippen LogP contribution < -0.4 is 15.4 Å². The maximum Gasteiger partial charge on any atom is 0.230 e. The molecule has 168 valence electrons. The molecular formula is C22H26N6O2S2. The van der Waals surface area contributed by atoms with Gasteiger partial charge in [-0.25, -0.2) is 0 Å². The van der Waals surface area contributed by atoms with E-state index in [1.165, 1.54) is 11.3 Å². The minimum Gasteiger partial charge on any atom is -0.496 e. The summed E-state index contributed by atoms with van der Waals surface area (Å²) in [7, 11) is 1.63. The molecule has 1 aliphatic rings. The molecule has 0 saturated heterocycles. The second-order valence-electron chi connectivity index (χ2n) is 7.83. The van der Waals surface area contributed by atoms with Crippen molar-refractivity contribution in [3.05, 3.63) is 52.1 Å². The van der Waals surface area contributed by atoms with E-state index in [0.717, 1.165) is 57.7 Å². The van der Waals surface area contributed by atoms with E-state index < -0.39 is 0 Å². The van der Waals surface area contributed by atoms with Gasteiger partial charge >= 0.3 is 0 Å². The summed E-state index contributed by atoms with van der Waals surface area (Å²) in [4.78, 5) is 12.5. The summed E-state index contributed by atoms with van der Waals surface area (Å²) in [6.07, 6.45) is 6.11. The van der Waals surface area contributed by atoms with Crippen LogP contribution in [-0.2, 0) is 11.2 Å². The van der Waals surface area contributed by atoms with Crippen LogP contribution in [0.4, 0.5) is 10.3 Å². The van der Waals surface area contributed by atoms with E-state index in [1.54, 1.807) is 24.6 Å². The Hall–Kier alpha value is -2.85. The van der Waals surface area contributed by atoms with Gasteiger partial charge in [0.2, 0.25) is 16.2 Å². The maximum absolute atomic E-state index is 12.5. The molecule has 4 rings (SSSR count). The third-order valence-electron chi connectivity index (χ3n) is 5.56. The number of carbonyl (C=O) groups is 1. The largest absolute Gasteiger partial charge is 0.496 e. The molecule has 1 fully saturated rings. The molecule has 1 saturated carbocycles. The number of methoxy groups -OCH3 is 1. The summed E-state index contributed by atoms with van der Waals surface area (Å²) in [6, 6.07) is 5.79. The first-order chi connectivity index (χ1) is 15.6. The highest BCUT2D eigenvalue weighted by Gasteiger charge is 2.29. The quantitative estimate of drug-likeness (QED) is 0.483. The highest BCUT2D eigenvalue weighted by atomic mass is 32.1. The van der Waals surface area contributed by atoms with Gasteiger partial charge in [-0.3, -0.25) is 4.79 Å². The first-order valence-corrected chi connectivity index (χ1v) is 12.2. The third-order valence-corrected chi connectivity index (χ3v) is 7.58. The van der Waals surface area contributed by atoms with Crippen LogP contribution in [0.15, 0.2) is 31.0 Å². The zero-order valence-corrected chi connectivity index (χ0v) is 19.8. The number of aryl methyl sites for hydroxylation is 1. The van der Waals surface area contributed by atoms with Crippen LogP contribution in [0.3, 0.4) is 0 Å². The van der Waals surface area contributed by atoms with Crippen molar-refractivity contribution in [2.45, 2.75) is 50.9 Å². The fourth-order valence-corrected chi connectivity index (χ4v) is 5.75.